The summed E-state index contributed by atoms with van der Waals surface area (Å²) in [7, 11) is 0. The number of hydrogen-bond acceptors (Lipinski definition) is 10. The Morgan fingerprint density at radius 1 is 0.545 bits per heavy atom. The molecule has 18 heteroatoms. The maximum absolute atomic E-state index is 13.3. The van der Waals surface area contributed by atoms with E-state index in [9.17, 15) is 54.3 Å². The van der Waals surface area contributed by atoms with Crippen LogP contribution in [0.5, 0.6) is 0 Å². The average Bonchev–Trinajstić information content (AvgIpc) is 2.95. The number of halogens is 8. The first kappa shape index (κ1) is 42.3. The third-order valence-electron chi connectivity index (χ3n) is 4.43. The zero-order chi connectivity index (χ0) is 34.8. The van der Waals surface area contributed by atoms with Crippen molar-refractivity contribution >= 4 is 23.9 Å². The molecule has 0 aliphatic heterocycles. The van der Waals surface area contributed by atoms with Crippen LogP contribution >= 0.6 is 0 Å². The highest BCUT2D eigenvalue weighted by atomic mass is 19.4. The first-order valence-corrected chi connectivity index (χ1v) is 12.0. The molecule has 10 nitrogen and oxygen atoms in total. The molecule has 0 N–H and O–H groups in total. The minimum absolute atomic E-state index is 0.182. The van der Waals surface area contributed by atoms with Gasteiger partial charge in [0, 0.05) is 23.3 Å². The zero-order valence-electron chi connectivity index (χ0n) is 23.7. The predicted molar refractivity (Wildman–Crippen MR) is 135 cm³/mol. The molecule has 0 fully saturated rings. The van der Waals surface area contributed by atoms with Gasteiger partial charge in [0.25, 0.3) is 0 Å². The third kappa shape index (κ3) is 14.6. The van der Waals surface area contributed by atoms with Crippen molar-refractivity contribution in [3.63, 3.8) is 0 Å². The van der Waals surface area contributed by atoms with E-state index in [0.29, 0.717) is 37.6 Å². The van der Waals surface area contributed by atoms with Gasteiger partial charge in [0.15, 0.2) is 13.2 Å². The fourth-order valence-electron chi connectivity index (χ4n) is 2.04. The van der Waals surface area contributed by atoms with Crippen LogP contribution in [0, 0.1) is 0 Å². The Kier molecular flexibility index (Phi) is 18.7. The van der Waals surface area contributed by atoms with Gasteiger partial charge in [-0.1, -0.05) is 26.3 Å². The van der Waals surface area contributed by atoms with Gasteiger partial charge in [0.2, 0.25) is 0 Å². The Morgan fingerprint density at radius 2 is 0.818 bits per heavy atom. The molecule has 0 unspecified atom stereocenters. The first-order chi connectivity index (χ1) is 20.1. The summed E-state index contributed by atoms with van der Waals surface area (Å²) in [5, 5.41) is 0. The number of esters is 4. The molecule has 0 bridgehead atoms. The van der Waals surface area contributed by atoms with Gasteiger partial charge in [-0.3, -0.25) is 0 Å². The maximum atomic E-state index is 13.3. The van der Waals surface area contributed by atoms with Gasteiger partial charge in [-0.2, -0.15) is 35.1 Å². The number of carbonyl (C=O) groups is 4. The standard InChI is InChI=1S/C14H22O6.C12H10F8O4/c1-11(2)13(15)19-9-7-17-5-6-18-8-10-20-14(16)12(3)4;1-3-7(21)23-5-9(13,14)11(17,18)12(19,20)10(15,16)6-24-8(22)4-2/h1,3,5-10H2,2,4H3;3-4H,1-2,5-6H2. The second-order valence-corrected chi connectivity index (χ2v) is 8.24. The molecule has 0 aromatic carbocycles. The van der Waals surface area contributed by atoms with Crippen molar-refractivity contribution < 1.29 is 82.7 Å². The van der Waals surface area contributed by atoms with Crippen molar-refractivity contribution in [2.24, 2.45) is 0 Å². The minimum Gasteiger partial charge on any atom is -0.460 e. The number of alkyl halides is 8. The highest BCUT2D eigenvalue weighted by molar-refractivity contribution is 5.87. The number of rotatable bonds is 20. The lowest BCUT2D eigenvalue weighted by Gasteiger charge is -2.36. The summed E-state index contributed by atoms with van der Waals surface area (Å²) in [6.45, 7) is 12.0. The van der Waals surface area contributed by atoms with Crippen molar-refractivity contribution in [1.29, 1.82) is 0 Å². The van der Waals surface area contributed by atoms with E-state index < -0.39 is 60.8 Å². The van der Waals surface area contributed by atoms with E-state index in [1.165, 1.54) is 0 Å². The molecule has 252 valence electrons. The van der Waals surface area contributed by atoms with Crippen LogP contribution < -0.4 is 0 Å². The largest absolute Gasteiger partial charge is 0.460 e. The van der Waals surface area contributed by atoms with Gasteiger partial charge >= 0.3 is 47.6 Å². The summed E-state index contributed by atoms with van der Waals surface area (Å²) >= 11 is 0. The molecule has 0 aliphatic rings. The lowest BCUT2D eigenvalue weighted by molar-refractivity contribution is -0.374. The third-order valence-corrected chi connectivity index (χ3v) is 4.43. The molecular formula is C26H32F8O10. The van der Waals surface area contributed by atoms with Crippen molar-refractivity contribution in [3.05, 3.63) is 49.6 Å². The smallest absolute Gasteiger partial charge is 0.381 e. The number of hydrogen-bond donors (Lipinski definition) is 0. The Labute approximate surface area is 247 Å². The molecule has 0 aromatic heterocycles. The van der Waals surface area contributed by atoms with Crippen LogP contribution in [-0.2, 0) is 47.6 Å². The molecule has 0 radical (unpaired) electrons. The highest BCUT2D eigenvalue weighted by Gasteiger charge is 2.81. The fourth-order valence-corrected chi connectivity index (χ4v) is 2.04. The van der Waals surface area contributed by atoms with Gasteiger partial charge in [-0.15, -0.1) is 0 Å². The van der Waals surface area contributed by atoms with Crippen molar-refractivity contribution in [2.75, 3.05) is 52.9 Å². The van der Waals surface area contributed by atoms with E-state index in [2.05, 4.69) is 35.8 Å². The lowest BCUT2D eigenvalue weighted by atomic mass is 9.99. The SMILES string of the molecule is C=C(C)C(=O)OCCOCCOCCOC(=O)C(=C)C.C=CC(=O)OCC(F)(F)C(F)(F)C(F)(F)C(F)(F)COC(=O)C=C. The Bertz CT molecular complexity index is 948. The number of ether oxygens (including phenoxy) is 6. The predicted octanol–water partition coefficient (Wildman–Crippen LogP) is 4.24. The number of carbonyl (C=O) groups excluding carboxylic acids is 4. The molecule has 0 heterocycles. The van der Waals surface area contributed by atoms with Gasteiger partial charge in [0.05, 0.1) is 26.4 Å². The lowest BCUT2D eigenvalue weighted by Crippen LogP contribution is -2.64. The van der Waals surface area contributed by atoms with Crippen LogP contribution in [0.25, 0.3) is 0 Å². The minimum atomic E-state index is -6.65. The molecule has 0 amide bonds. The van der Waals surface area contributed by atoms with Gasteiger partial charge in [0.1, 0.15) is 13.2 Å². The maximum Gasteiger partial charge on any atom is 0.381 e. The van der Waals surface area contributed by atoms with Gasteiger partial charge < -0.3 is 28.4 Å². The topological polar surface area (TPSA) is 124 Å². The van der Waals surface area contributed by atoms with Crippen molar-refractivity contribution in [2.45, 2.75) is 37.5 Å². The first-order valence-electron chi connectivity index (χ1n) is 12.0. The molecule has 0 atom stereocenters. The van der Waals surface area contributed by atoms with Gasteiger partial charge in [-0.05, 0) is 13.8 Å². The molecular weight excluding hydrogens is 624 g/mol. The molecule has 0 aromatic rings. The summed E-state index contributed by atoms with van der Waals surface area (Å²) in [6.07, 6.45) is 0.519. The van der Waals surface area contributed by atoms with E-state index in [0.717, 1.165) is 0 Å². The molecule has 44 heavy (non-hydrogen) atoms. The summed E-state index contributed by atoms with van der Waals surface area (Å²) in [4.78, 5) is 43.0. The van der Waals surface area contributed by atoms with Crippen LogP contribution in [0.4, 0.5) is 35.1 Å². The Morgan fingerprint density at radius 3 is 1.07 bits per heavy atom. The average molecular weight is 657 g/mol. The zero-order valence-corrected chi connectivity index (χ0v) is 23.7. The molecule has 0 rings (SSSR count). The van der Waals surface area contributed by atoms with Crippen LogP contribution in [-0.4, -0.2) is 100 Å². The van der Waals surface area contributed by atoms with Crippen LogP contribution in [0.3, 0.4) is 0 Å². The van der Waals surface area contributed by atoms with E-state index in [-0.39, 0.29) is 25.4 Å². The van der Waals surface area contributed by atoms with Crippen LogP contribution in [0.15, 0.2) is 49.6 Å². The van der Waals surface area contributed by atoms with E-state index in [4.69, 9.17) is 18.9 Å². The highest BCUT2D eigenvalue weighted by Crippen LogP contribution is 2.52. The fraction of sp³-hybridized carbons (Fsp3) is 0.538. The molecule has 0 spiro atoms. The van der Waals surface area contributed by atoms with Crippen molar-refractivity contribution in [3.8, 4) is 0 Å². The molecule has 0 saturated carbocycles. The van der Waals surface area contributed by atoms with Gasteiger partial charge in [-0.25, -0.2) is 19.2 Å². The summed E-state index contributed by atoms with van der Waals surface area (Å²) in [5.41, 5.74) is 0.718. The van der Waals surface area contributed by atoms with E-state index in [1.54, 1.807) is 13.8 Å². The van der Waals surface area contributed by atoms with Crippen LogP contribution in [0.2, 0.25) is 0 Å². The second-order valence-electron chi connectivity index (χ2n) is 8.24. The van der Waals surface area contributed by atoms with Crippen LogP contribution in [0.1, 0.15) is 13.8 Å². The second kappa shape index (κ2) is 19.5. The quantitative estimate of drug-likeness (QED) is 0.0618. The normalized spacial score (nSPS) is 11.7. The summed E-state index contributed by atoms with van der Waals surface area (Å²) < 4.78 is 133. The molecule has 0 saturated heterocycles. The Balaban J connectivity index is 0. The van der Waals surface area contributed by atoms with E-state index >= 15 is 0 Å². The Hall–Kier alpha value is -3.80. The summed E-state index contributed by atoms with van der Waals surface area (Å²) in [6, 6.07) is 0. The monoisotopic (exact) mass is 656 g/mol. The van der Waals surface area contributed by atoms with Crippen molar-refractivity contribution in [1.82, 2.24) is 0 Å². The van der Waals surface area contributed by atoms with E-state index in [1.807, 2.05) is 0 Å². The summed E-state index contributed by atoms with van der Waals surface area (Å²) in [5.74, 6) is -29.2. The molecule has 0 aliphatic carbocycles.